The molecule has 0 atom stereocenters. The molecule has 0 amide bonds. The fourth-order valence-electron chi connectivity index (χ4n) is 3.26. The highest BCUT2D eigenvalue weighted by molar-refractivity contribution is 5.67. The normalized spacial score (nSPS) is 13.5. The molecule has 0 aromatic heterocycles. The van der Waals surface area contributed by atoms with Crippen molar-refractivity contribution in [3.63, 3.8) is 0 Å². The quantitative estimate of drug-likeness (QED) is 0.913. The van der Waals surface area contributed by atoms with Gasteiger partial charge in [0.25, 0.3) is 0 Å². The summed E-state index contributed by atoms with van der Waals surface area (Å²) in [6.07, 6.45) is 1.77. The van der Waals surface area contributed by atoms with Gasteiger partial charge in [0.1, 0.15) is 5.75 Å². The lowest BCUT2D eigenvalue weighted by atomic mass is 9.95. The molecule has 1 aliphatic rings. The number of ether oxygens (including phenoxy) is 1. The van der Waals surface area contributed by atoms with Crippen molar-refractivity contribution < 1.29 is 14.6 Å². The molecule has 24 heavy (non-hydrogen) atoms. The highest BCUT2D eigenvalue weighted by atomic mass is 16.5. The number of carboxylic acids is 1. The zero-order chi connectivity index (χ0) is 17.1. The van der Waals surface area contributed by atoms with Gasteiger partial charge in [0, 0.05) is 31.3 Å². The summed E-state index contributed by atoms with van der Waals surface area (Å²) in [5, 5.41) is 8.82. The van der Waals surface area contributed by atoms with Crippen LogP contribution in [0.15, 0.2) is 36.4 Å². The third-order valence-corrected chi connectivity index (χ3v) is 4.55. The lowest BCUT2D eigenvalue weighted by Crippen LogP contribution is -2.30. The molecule has 0 saturated heterocycles. The van der Waals surface area contributed by atoms with Crippen LogP contribution in [0.3, 0.4) is 0 Å². The Hall–Kier alpha value is -2.49. The Kier molecular flexibility index (Phi) is 4.74. The minimum absolute atomic E-state index is 0.188. The summed E-state index contributed by atoms with van der Waals surface area (Å²) >= 11 is 0. The Balaban J connectivity index is 1.77. The van der Waals surface area contributed by atoms with Crippen molar-refractivity contribution >= 4 is 11.7 Å². The molecule has 2 aromatic carbocycles. The number of rotatable bonds is 5. The third kappa shape index (κ3) is 3.70. The number of anilines is 1. The summed E-state index contributed by atoms with van der Waals surface area (Å²) in [6.45, 7) is 3.92. The molecule has 2 aromatic rings. The largest absolute Gasteiger partial charge is 0.497 e. The minimum Gasteiger partial charge on any atom is -0.497 e. The van der Waals surface area contributed by atoms with Gasteiger partial charge in [-0.15, -0.1) is 0 Å². The van der Waals surface area contributed by atoms with E-state index in [1.165, 1.54) is 22.4 Å². The van der Waals surface area contributed by atoms with E-state index in [0.29, 0.717) is 6.42 Å². The minimum atomic E-state index is -0.743. The van der Waals surface area contributed by atoms with Gasteiger partial charge in [0.2, 0.25) is 0 Å². The number of aryl methyl sites for hydroxylation is 2. The van der Waals surface area contributed by atoms with Crippen LogP contribution in [0.1, 0.15) is 28.7 Å². The molecule has 4 nitrogen and oxygen atoms in total. The number of carboxylic acid groups (broad SMARTS) is 1. The summed E-state index contributed by atoms with van der Waals surface area (Å²) in [4.78, 5) is 13.1. The standard InChI is InChI=1S/C20H23NO3/c1-14-9-18(12-19(10-14)24-2)21-8-7-16-11-15(4-6-20(22)23)3-5-17(16)13-21/h3,5,9-12H,4,6-8,13H2,1-2H3,(H,22,23). The predicted molar refractivity (Wildman–Crippen MR) is 94.9 cm³/mol. The molecule has 1 N–H and O–H groups in total. The van der Waals surface area contributed by atoms with Crippen LogP contribution in [0.5, 0.6) is 5.75 Å². The summed E-state index contributed by atoms with van der Waals surface area (Å²) in [6, 6.07) is 12.7. The number of hydrogen-bond acceptors (Lipinski definition) is 3. The summed E-state index contributed by atoms with van der Waals surface area (Å²) in [7, 11) is 1.70. The maximum absolute atomic E-state index is 10.7. The van der Waals surface area contributed by atoms with E-state index in [2.05, 4.69) is 42.2 Å². The molecule has 0 aliphatic carbocycles. The Bertz CT molecular complexity index is 755. The second-order valence-corrected chi connectivity index (χ2v) is 6.38. The highest BCUT2D eigenvalue weighted by Gasteiger charge is 2.18. The van der Waals surface area contributed by atoms with Crippen molar-refractivity contribution in [1.29, 1.82) is 0 Å². The number of benzene rings is 2. The first kappa shape index (κ1) is 16.4. The van der Waals surface area contributed by atoms with Crippen molar-refractivity contribution in [1.82, 2.24) is 0 Å². The van der Waals surface area contributed by atoms with E-state index in [9.17, 15) is 4.79 Å². The topological polar surface area (TPSA) is 49.8 Å². The van der Waals surface area contributed by atoms with Crippen LogP contribution in [0.2, 0.25) is 0 Å². The lowest BCUT2D eigenvalue weighted by molar-refractivity contribution is -0.136. The molecule has 0 unspecified atom stereocenters. The first-order valence-electron chi connectivity index (χ1n) is 8.28. The monoisotopic (exact) mass is 325 g/mol. The van der Waals surface area contributed by atoms with Crippen molar-refractivity contribution in [2.75, 3.05) is 18.6 Å². The van der Waals surface area contributed by atoms with Crippen LogP contribution in [0, 0.1) is 6.92 Å². The molecule has 0 saturated carbocycles. The number of hydrogen-bond donors (Lipinski definition) is 1. The van der Waals surface area contributed by atoms with Gasteiger partial charge in [-0.2, -0.15) is 0 Å². The fraction of sp³-hybridized carbons (Fsp3) is 0.350. The van der Waals surface area contributed by atoms with Crippen LogP contribution >= 0.6 is 0 Å². The number of carbonyl (C=O) groups is 1. The van der Waals surface area contributed by atoms with Gasteiger partial charge >= 0.3 is 5.97 Å². The van der Waals surface area contributed by atoms with Crippen LogP contribution in [0.4, 0.5) is 5.69 Å². The molecule has 0 bridgehead atoms. The molecule has 1 heterocycles. The maximum Gasteiger partial charge on any atom is 0.303 e. The van der Waals surface area contributed by atoms with Gasteiger partial charge in [-0.3, -0.25) is 4.79 Å². The molecular weight excluding hydrogens is 302 g/mol. The van der Waals surface area contributed by atoms with Crippen LogP contribution in [-0.4, -0.2) is 24.7 Å². The predicted octanol–water partition coefficient (Wildman–Crippen LogP) is 3.58. The molecule has 0 radical (unpaired) electrons. The molecule has 1 aliphatic heterocycles. The molecule has 4 heteroatoms. The lowest BCUT2D eigenvalue weighted by Gasteiger charge is -2.31. The van der Waals surface area contributed by atoms with Crippen molar-refractivity contribution in [3.05, 3.63) is 58.7 Å². The second kappa shape index (κ2) is 6.95. The van der Waals surface area contributed by atoms with Gasteiger partial charge in [-0.1, -0.05) is 18.2 Å². The Morgan fingerprint density at radius 3 is 2.79 bits per heavy atom. The van der Waals surface area contributed by atoms with E-state index in [1.807, 2.05) is 6.07 Å². The van der Waals surface area contributed by atoms with Gasteiger partial charge in [-0.05, 0) is 54.2 Å². The van der Waals surface area contributed by atoms with Gasteiger partial charge in [0.05, 0.1) is 7.11 Å². The number of methoxy groups -OCH3 is 1. The fourth-order valence-corrected chi connectivity index (χ4v) is 3.26. The summed E-state index contributed by atoms with van der Waals surface area (Å²) in [5.41, 5.74) is 6.16. The van der Waals surface area contributed by atoms with Crippen molar-refractivity contribution in [2.45, 2.75) is 32.7 Å². The van der Waals surface area contributed by atoms with Crippen LogP contribution < -0.4 is 9.64 Å². The maximum atomic E-state index is 10.7. The average Bonchev–Trinajstić information content (AvgIpc) is 2.58. The van der Waals surface area contributed by atoms with Gasteiger partial charge in [-0.25, -0.2) is 0 Å². The first-order valence-corrected chi connectivity index (χ1v) is 8.28. The van der Waals surface area contributed by atoms with E-state index in [-0.39, 0.29) is 6.42 Å². The Morgan fingerprint density at radius 1 is 1.21 bits per heavy atom. The molecule has 3 rings (SSSR count). The molecule has 0 fully saturated rings. The second-order valence-electron chi connectivity index (χ2n) is 6.38. The SMILES string of the molecule is COc1cc(C)cc(N2CCc3cc(CCC(=O)O)ccc3C2)c1. The van der Waals surface area contributed by atoms with E-state index in [0.717, 1.165) is 30.8 Å². The molecule has 126 valence electrons. The van der Waals surface area contributed by atoms with Crippen LogP contribution in [0.25, 0.3) is 0 Å². The zero-order valence-electron chi connectivity index (χ0n) is 14.2. The van der Waals surface area contributed by atoms with Crippen LogP contribution in [-0.2, 0) is 24.2 Å². The smallest absolute Gasteiger partial charge is 0.303 e. The third-order valence-electron chi connectivity index (χ3n) is 4.55. The van der Waals surface area contributed by atoms with Crippen molar-refractivity contribution in [3.8, 4) is 5.75 Å². The zero-order valence-corrected chi connectivity index (χ0v) is 14.2. The van der Waals surface area contributed by atoms with Gasteiger partial charge in [0.15, 0.2) is 0 Å². The van der Waals surface area contributed by atoms with E-state index in [1.54, 1.807) is 7.11 Å². The molecule has 0 spiro atoms. The average molecular weight is 325 g/mol. The summed E-state index contributed by atoms with van der Waals surface area (Å²) in [5.74, 6) is 0.145. The summed E-state index contributed by atoms with van der Waals surface area (Å²) < 4.78 is 5.38. The number of fused-ring (bicyclic) bond motifs is 1. The number of aliphatic carboxylic acids is 1. The Labute approximate surface area is 142 Å². The van der Waals surface area contributed by atoms with Gasteiger partial charge < -0.3 is 14.7 Å². The Morgan fingerprint density at radius 2 is 2.04 bits per heavy atom. The molecular formula is C20H23NO3. The first-order chi connectivity index (χ1) is 11.5. The van der Waals surface area contributed by atoms with E-state index in [4.69, 9.17) is 9.84 Å². The van der Waals surface area contributed by atoms with E-state index >= 15 is 0 Å². The number of nitrogens with zero attached hydrogens (tertiary/aromatic N) is 1. The van der Waals surface area contributed by atoms with Crippen molar-refractivity contribution in [2.24, 2.45) is 0 Å². The van der Waals surface area contributed by atoms with E-state index < -0.39 is 5.97 Å². The highest BCUT2D eigenvalue weighted by Crippen LogP contribution is 2.29.